The molecular formula is C11H15N3O4S. The van der Waals surface area contributed by atoms with Gasteiger partial charge in [0.15, 0.2) is 0 Å². The van der Waals surface area contributed by atoms with Crippen LogP contribution in [-0.2, 0) is 0 Å². The molecule has 104 valence electrons. The van der Waals surface area contributed by atoms with Crippen molar-refractivity contribution in [2.24, 2.45) is 0 Å². The average molecular weight is 285 g/mol. The number of nitrogens with one attached hydrogen (secondary N) is 1. The Morgan fingerprint density at radius 2 is 2.26 bits per heavy atom. The van der Waals surface area contributed by atoms with Gasteiger partial charge in [0.25, 0.3) is 0 Å². The van der Waals surface area contributed by atoms with Crippen molar-refractivity contribution in [2.45, 2.75) is 18.6 Å². The highest BCUT2D eigenvalue weighted by atomic mass is 32.2. The van der Waals surface area contributed by atoms with Crippen molar-refractivity contribution < 1.29 is 14.8 Å². The van der Waals surface area contributed by atoms with E-state index >= 15 is 0 Å². The summed E-state index contributed by atoms with van der Waals surface area (Å²) in [7, 11) is 0. The van der Waals surface area contributed by atoms with E-state index in [9.17, 15) is 14.9 Å². The predicted octanol–water partition coefficient (Wildman–Crippen LogP) is 2.24. The first kappa shape index (κ1) is 15.2. The normalized spacial score (nSPS) is 11.1. The van der Waals surface area contributed by atoms with Crippen LogP contribution in [0.1, 0.15) is 24.2 Å². The van der Waals surface area contributed by atoms with Crippen molar-refractivity contribution >= 4 is 29.2 Å². The number of carboxylic acid groups (broad SMARTS) is 1. The molecule has 0 spiro atoms. The van der Waals surface area contributed by atoms with Gasteiger partial charge in [0.2, 0.25) is 5.82 Å². The number of carbonyl (C=O) groups is 1. The molecule has 1 heterocycles. The van der Waals surface area contributed by atoms with Gasteiger partial charge in [-0.15, -0.1) is 0 Å². The summed E-state index contributed by atoms with van der Waals surface area (Å²) in [6.45, 7) is 4.46. The van der Waals surface area contributed by atoms with Gasteiger partial charge in [-0.3, -0.25) is 10.1 Å². The molecule has 0 aliphatic rings. The Kier molecular flexibility index (Phi) is 4.71. The Balaban J connectivity index is 3.01. The van der Waals surface area contributed by atoms with Gasteiger partial charge in [-0.1, -0.05) is 0 Å². The SMILES string of the molecule is CSC(C)(C)CNc1ncc(C(=O)O)cc1[N+](=O)[O-]. The average Bonchev–Trinajstić information content (AvgIpc) is 2.36. The van der Waals surface area contributed by atoms with Gasteiger partial charge in [0.05, 0.1) is 10.5 Å². The monoisotopic (exact) mass is 285 g/mol. The van der Waals surface area contributed by atoms with Crippen molar-refractivity contribution in [3.05, 3.63) is 27.9 Å². The molecule has 1 aromatic rings. The molecule has 0 saturated carbocycles. The number of nitro groups is 1. The zero-order chi connectivity index (χ0) is 14.6. The summed E-state index contributed by atoms with van der Waals surface area (Å²) in [5, 5.41) is 22.6. The first-order valence-electron chi connectivity index (χ1n) is 5.43. The fraction of sp³-hybridized carbons (Fsp3) is 0.455. The van der Waals surface area contributed by atoms with E-state index in [2.05, 4.69) is 10.3 Å². The maximum absolute atomic E-state index is 10.9. The Morgan fingerprint density at radius 1 is 1.63 bits per heavy atom. The molecule has 19 heavy (non-hydrogen) atoms. The summed E-state index contributed by atoms with van der Waals surface area (Å²) in [5.41, 5.74) is -0.543. The summed E-state index contributed by atoms with van der Waals surface area (Å²) < 4.78 is -0.110. The zero-order valence-corrected chi connectivity index (χ0v) is 11.7. The second-order valence-corrected chi connectivity index (χ2v) is 5.98. The van der Waals surface area contributed by atoms with Crippen molar-refractivity contribution in [2.75, 3.05) is 18.1 Å². The van der Waals surface area contributed by atoms with Crippen molar-refractivity contribution in [1.82, 2.24) is 4.98 Å². The van der Waals surface area contributed by atoms with Crippen LogP contribution >= 0.6 is 11.8 Å². The molecule has 8 heteroatoms. The van der Waals surface area contributed by atoms with Crippen LogP contribution in [-0.4, -0.2) is 38.5 Å². The number of nitrogens with zero attached hydrogens (tertiary/aromatic N) is 2. The summed E-state index contributed by atoms with van der Waals surface area (Å²) in [5.74, 6) is -1.16. The lowest BCUT2D eigenvalue weighted by atomic mass is 10.2. The zero-order valence-electron chi connectivity index (χ0n) is 10.8. The molecule has 1 aromatic heterocycles. The van der Waals surface area contributed by atoms with E-state index in [1.807, 2.05) is 20.1 Å². The molecular weight excluding hydrogens is 270 g/mol. The Bertz CT molecular complexity index is 505. The van der Waals surface area contributed by atoms with Gasteiger partial charge in [-0.2, -0.15) is 11.8 Å². The fourth-order valence-electron chi connectivity index (χ4n) is 1.21. The van der Waals surface area contributed by atoms with Crippen molar-refractivity contribution in [3.63, 3.8) is 0 Å². The van der Waals surface area contributed by atoms with Crippen LogP contribution in [0.15, 0.2) is 12.3 Å². The maximum Gasteiger partial charge on any atom is 0.337 e. The lowest BCUT2D eigenvalue weighted by Gasteiger charge is -2.22. The number of anilines is 1. The highest BCUT2D eigenvalue weighted by Crippen LogP contribution is 2.26. The van der Waals surface area contributed by atoms with E-state index in [1.54, 1.807) is 11.8 Å². The number of carboxylic acids is 1. The van der Waals surface area contributed by atoms with Gasteiger partial charge in [0.1, 0.15) is 0 Å². The van der Waals surface area contributed by atoms with Crippen LogP contribution in [0.4, 0.5) is 11.5 Å². The van der Waals surface area contributed by atoms with Gasteiger partial charge in [0, 0.05) is 23.6 Å². The smallest absolute Gasteiger partial charge is 0.337 e. The van der Waals surface area contributed by atoms with Crippen LogP contribution in [0.3, 0.4) is 0 Å². The second kappa shape index (κ2) is 5.87. The second-order valence-electron chi connectivity index (χ2n) is 4.47. The molecule has 0 amide bonds. The third-order valence-electron chi connectivity index (χ3n) is 2.55. The number of pyridine rings is 1. The third-order valence-corrected chi connectivity index (χ3v) is 3.79. The molecule has 0 fully saturated rings. The summed E-state index contributed by atoms with van der Waals surface area (Å²) in [6.07, 6.45) is 3.04. The predicted molar refractivity (Wildman–Crippen MR) is 73.9 cm³/mol. The maximum atomic E-state index is 10.9. The molecule has 2 N–H and O–H groups in total. The first-order chi connectivity index (χ1) is 8.76. The minimum absolute atomic E-state index is 0.0807. The van der Waals surface area contributed by atoms with Crippen molar-refractivity contribution in [1.29, 1.82) is 0 Å². The fourth-order valence-corrected chi connectivity index (χ4v) is 1.43. The number of hydrogen-bond donors (Lipinski definition) is 2. The van der Waals surface area contributed by atoms with Crippen LogP contribution in [0, 0.1) is 10.1 Å². The first-order valence-corrected chi connectivity index (χ1v) is 6.66. The largest absolute Gasteiger partial charge is 0.478 e. The lowest BCUT2D eigenvalue weighted by Crippen LogP contribution is -2.26. The summed E-state index contributed by atoms with van der Waals surface area (Å²) in [4.78, 5) is 24.9. The highest BCUT2D eigenvalue weighted by molar-refractivity contribution is 7.99. The molecule has 0 saturated heterocycles. The van der Waals surface area contributed by atoms with Gasteiger partial charge >= 0.3 is 11.7 Å². The molecule has 0 aliphatic carbocycles. The van der Waals surface area contributed by atoms with Crippen molar-refractivity contribution in [3.8, 4) is 0 Å². The van der Waals surface area contributed by atoms with Crippen LogP contribution in [0.5, 0.6) is 0 Å². The van der Waals surface area contributed by atoms with E-state index in [4.69, 9.17) is 5.11 Å². The van der Waals surface area contributed by atoms with E-state index in [0.717, 1.165) is 12.3 Å². The number of aromatic nitrogens is 1. The lowest BCUT2D eigenvalue weighted by molar-refractivity contribution is -0.384. The Hall–Kier alpha value is -1.83. The summed E-state index contributed by atoms with van der Waals surface area (Å²) >= 11 is 1.61. The standard InChI is InChI=1S/C11H15N3O4S/c1-11(2,19-3)6-13-9-8(14(17)18)4-7(5-12-9)10(15)16/h4-5H,6H2,1-3H3,(H,12,13)(H,15,16). The Morgan fingerprint density at radius 3 is 2.74 bits per heavy atom. The number of thioether (sulfide) groups is 1. The Labute approximate surface area is 114 Å². The number of aromatic carboxylic acids is 1. The minimum atomic E-state index is -1.24. The van der Waals surface area contributed by atoms with Crippen LogP contribution < -0.4 is 5.32 Å². The molecule has 0 bridgehead atoms. The van der Waals surface area contributed by atoms with E-state index in [-0.39, 0.29) is 21.8 Å². The number of rotatable bonds is 6. The van der Waals surface area contributed by atoms with E-state index in [1.165, 1.54) is 0 Å². The van der Waals surface area contributed by atoms with Crippen LogP contribution in [0.2, 0.25) is 0 Å². The quantitative estimate of drug-likeness (QED) is 0.609. The number of hydrogen-bond acceptors (Lipinski definition) is 6. The molecule has 0 radical (unpaired) electrons. The molecule has 0 aromatic carbocycles. The highest BCUT2D eigenvalue weighted by Gasteiger charge is 2.22. The third kappa shape index (κ3) is 4.09. The van der Waals surface area contributed by atoms with Gasteiger partial charge < -0.3 is 10.4 Å². The van der Waals surface area contributed by atoms with Crippen LogP contribution in [0.25, 0.3) is 0 Å². The topological polar surface area (TPSA) is 105 Å². The molecule has 0 atom stereocenters. The van der Waals surface area contributed by atoms with E-state index in [0.29, 0.717) is 6.54 Å². The molecule has 0 unspecified atom stereocenters. The summed E-state index contributed by atoms with van der Waals surface area (Å²) in [6, 6.07) is 1.00. The minimum Gasteiger partial charge on any atom is -0.478 e. The van der Waals surface area contributed by atoms with Gasteiger partial charge in [-0.05, 0) is 20.1 Å². The molecule has 1 rings (SSSR count). The molecule has 7 nitrogen and oxygen atoms in total. The molecule has 0 aliphatic heterocycles. The van der Waals surface area contributed by atoms with Gasteiger partial charge in [-0.25, -0.2) is 9.78 Å². The van der Waals surface area contributed by atoms with E-state index < -0.39 is 10.9 Å².